The van der Waals surface area contributed by atoms with Crippen LogP contribution in [0.2, 0.25) is 0 Å². The van der Waals surface area contributed by atoms with E-state index in [9.17, 15) is 14.2 Å². The van der Waals surface area contributed by atoms with Crippen molar-refractivity contribution in [3.63, 3.8) is 0 Å². The summed E-state index contributed by atoms with van der Waals surface area (Å²) in [6.45, 7) is 3.42. The van der Waals surface area contributed by atoms with Gasteiger partial charge in [0.25, 0.3) is 0 Å². The van der Waals surface area contributed by atoms with Gasteiger partial charge in [0.1, 0.15) is 0 Å². The summed E-state index contributed by atoms with van der Waals surface area (Å²) >= 11 is 0. The third kappa shape index (κ3) is 4.58. The zero-order valence-electron chi connectivity index (χ0n) is 14.8. The van der Waals surface area contributed by atoms with Crippen molar-refractivity contribution in [3.05, 3.63) is 58.7 Å². The third-order valence-electron chi connectivity index (χ3n) is 3.57. The van der Waals surface area contributed by atoms with Crippen LogP contribution in [0.4, 0.5) is 0 Å². The van der Waals surface area contributed by atoms with E-state index in [1.165, 1.54) is 38.5 Å². The molecule has 26 heavy (non-hydrogen) atoms. The molecule has 0 unspecified atom stereocenters. The van der Waals surface area contributed by atoms with Gasteiger partial charge in [-0.15, -0.1) is 0 Å². The molecule has 2 aromatic carbocycles. The number of aryl methyl sites for hydroxylation is 2. The molecule has 0 aromatic heterocycles. The van der Waals surface area contributed by atoms with E-state index >= 15 is 0 Å². The number of hydrogen-bond acceptors (Lipinski definition) is 7. The first-order valence-corrected chi connectivity index (χ1v) is 8.66. The monoisotopic (exact) mass is 377 g/mol. The first-order valence-electron chi connectivity index (χ1n) is 7.57. The molecule has 0 aliphatic rings. The Morgan fingerprint density at radius 3 is 1.46 bits per heavy atom. The molecule has 0 spiro atoms. The molecule has 2 rings (SSSR count). The number of ether oxygens (including phenoxy) is 2. The SMILES string of the molecule is COC(=O)c1ccc(O[P+](=O)Oc2ccc(C(=O)OC)c(C)c2)cc1C. The fourth-order valence-corrected chi connectivity index (χ4v) is 2.86. The minimum absolute atomic E-state index is 0.291. The number of esters is 2. The third-order valence-corrected chi connectivity index (χ3v) is 4.29. The normalized spacial score (nSPS) is 10.0. The van der Waals surface area contributed by atoms with Gasteiger partial charge in [0.15, 0.2) is 11.5 Å². The van der Waals surface area contributed by atoms with E-state index in [-0.39, 0.29) is 0 Å². The number of carbonyl (C=O) groups excluding carboxylic acids is 2. The molecule has 136 valence electrons. The summed E-state index contributed by atoms with van der Waals surface area (Å²) < 4.78 is 31.9. The van der Waals surface area contributed by atoms with Gasteiger partial charge < -0.3 is 9.47 Å². The quantitative estimate of drug-likeness (QED) is 0.555. The number of carbonyl (C=O) groups is 2. The zero-order valence-corrected chi connectivity index (χ0v) is 15.7. The summed E-state index contributed by atoms with van der Waals surface area (Å²) in [5.41, 5.74) is 2.03. The van der Waals surface area contributed by atoms with Gasteiger partial charge in [0, 0.05) is 4.57 Å². The Morgan fingerprint density at radius 1 is 0.769 bits per heavy atom. The van der Waals surface area contributed by atoms with Crippen LogP contribution in [0.15, 0.2) is 36.4 Å². The standard InChI is InChI=1S/C18H18O7P/c1-11-9-13(5-7-15(11)17(19)22-3)24-26(21)25-14-6-8-16(12(2)10-14)18(20)23-4/h5-10H,1-4H3/q+1. The van der Waals surface area contributed by atoms with E-state index in [0.717, 1.165) is 0 Å². The smallest absolute Gasteiger partial charge is 0.465 e. The lowest BCUT2D eigenvalue weighted by molar-refractivity contribution is 0.0591. The average Bonchev–Trinajstić information content (AvgIpc) is 2.60. The predicted molar refractivity (Wildman–Crippen MR) is 93.9 cm³/mol. The molecule has 0 amide bonds. The maximum absolute atomic E-state index is 12.1. The number of benzene rings is 2. The molecule has 0 saturated heterocycles. The van der Waals surface area contributed by atoms with Crippen molar-refractivity contribution in [1.29, 1.82) is 0 Å². The first kappa shape index (κ1) is 19.4. The minimum atomic E-state index is -2.50. The Morgan fingerprint density at radius 2 is 1.15 bits per heavy atom. The fraction of sp³-hybridized carbons (Fsp3) is 0.222. The Kier molecular flexibility index (Phi) is 6.31. The van der Waals surface area contributed by atoms with Crippen molar-refractivity contribution in [2.45, 2.75) is 13.8 Å². The van der Waals surface area contributed by atoms with Crippen molar-refractivity contribution in [1.82, 2.24) is 0 Å². The van der Waals surface area contributed by atoms with Crippen molar-refractivity contribution >= 4 is 20.2 Å². The van der Waals surface area contributed by atoms with Crippen LogP contribution in [0.25, 0.3) is 0 Å². The van der Waals surface area contributed by atoms with Crippen LogP contribution in [-0.4, -0.2) is 26.2 Å². The van der Waals surface area contributed by atoms with E-state index in [0.29, 0.717) is 33.8 Å². The topological polar surface area (TPSA) is 88.1 Å². The Balaban J connectivity index is 2.07. The van der Waals surface area contributed by atoms with Crippen LogP contribution in [-0.2, 0) is 14.0 Å². The predicted octanol–water partition coefficient (Wildman–Crippen LogP) is 3.99. The van der Waals surface area contributed by atoms with Crippen LogP contribution < -0.4 is 9.05 Å². The minimum Gasteiger partial charge on any atom is -0.465 e. The van der Waals surface area contributed by atoms with Gasteiger partial charge in [-0.2, -0.15) is 0 Å². The summed E-state index contributed by atoms with van der Waals surface area (Å²) in [5.74, 6) is -0.343. The van der Waals surface area contributed by atoms with Crippen molar-refractivity contribution in [3.8, 4) is 11.5 Å². The van der Waals surface area contributed by atoms with Gasteiger partial charge in [0.05, 0.1) is 25.3 Å². The van der Waals surface area contributed by atoms with Crippen LogP contribution in [0, 0.1) is 13.8 Å². The molecule has 0 bridgehead atoms. The first-order chi connectivity index (χ1) is 12.3. The second kappa shape index (κ2) is 8.45. The highest BCUT2D eigenvalue weighted by molar-refractivity contribution is 7.34. The van der Waals surface area contributed by atoms with Gasteiger partial charge in [-0.3, -0.25) is 0 Å². The maximum Gasteiger partial charge on any atom is 0.805 e. The largest absolute Gasteiger partial charge is 0.805 e. The fourth-order valence-electron chi connectivity index (χ4n) is 2.25. The molecule has 0 fully saturated rings. The Labute approximate surface area is 151 Å². The summed E-state index contributed by atoms with van der Waals surface area (Å²) in [6, 6.07) is 9.18. The van der Waals surface area contributed by atoms with Crippen LogP contribution >= 0.6 is 8.25 Å². The van der Waals surface area contributed by atoms with E-state index in [4.69, 9.17) is 9.05 Å². The lowest BCUT2D eigenvalue weighted by atomic mass is 10.1. The molecule has 7 nitrogen and oxygen atoms in total. The van der Waals surface area contributed by atoms with E-state index in [1.54, 1.807) is 26.0 Å². The number of methoxy groups -OCH3 is 2. The molecule has 2 aromatic rings. The van der Waals surface area contributed by atoms with E-state index in [1.807, 2.05) is 0 Å². The highest BCUT2D eigenvalue weighted by atomic mass is 31.1. The van der Waals surface area contributed by atoms with Crippen LogP contribution in [0.1, 0.15) is 31.8 Å². The Hall–Kier alpha value is -2.92. The van der Waals surface area contributed by atoms with Gasteiger partial charge in [-0.25, -0.2) is 18.6 Å². The molecule has 0 saturated carbocycles. The summed E-state index contributed by atoms with van der Waals surface area (Å²) in [4.78, 5) is 23.1. The molecular weight excluding hydrogens is 359 g/mol. The zero-order chi connectivity index (χ0) is 19.3. The van der Waals surface area contributed by atoms with Crippen molar-refractivity contribution < 1.29 is 32.7 Å². The summed E-state index contributed by atoms with van der Waals surface area (Å²) in [6.07, 6.45) is 0. The second-order valence-electron chi connectivity index (χ2n) is 5.34. The molecule has 0 aliphatic carbocycles. The number of rotatable bonds is 6. The molecule has 0 aliphatic heterocycles. The van der Waals surface area contributed by atoms with Crippen molar-refractivity contribution in [2.75, 3.05) is 14.2 Å². The molecule has 0 heterocycles. The highest BCUT2D eigenvalue weighted by Crippen LogP contribution is 2.32. The Bertz CT molecular complexity index is 791. The van der Waals surface area contributed by atoms with Crippen molar-refractivity contribution in [2.24, 2.45) is 0 Å². The lowest BCUT2D eigenvalue weighted by Crippen LogP contribution is -2.04. The lowest BCUT2D eigenvalue weighted by Gasteiger charge is -2.04. The summed E-state index contributed by atoms with van der Waals surface area (Å²) in [5, 5.41) is 0. The highest BCUT2D eigenvalue weighted by Gasteiger charge is 2.25. The van der Waals surface area contributed by atoms with E-state index < -0.39 is 20.2 Å². The molecule has 0 radical (unpaired) electrons. The average molecular weight is 377 g/mol. The molecule has 8 heteroatoms. The van der Waals surface area contributed by atoms with Gasteiger partial charge >= 0.3 is 20.2 Å². The van der Waals surface area contributed by atoms with Crippen LogP contribution in [0.3, 0.4) is 0 Å². The number of hydrogen-bond donors (Lipinski definition) is 0. The van der Waals surface area contributed by atoms with E-state index in [2.05, 4.69) is 9.47 Å². The van der Waals surface area contributed by atoms with Crippen LogP contribution in [0.5, 0.6) is 11.5 Å². The molecule has 0 N–H and O–H groups in total. The maximum atomic E-state index is 12.1. The summed E-state index contributed by atoms with van der Waals surface area (Å²) in [7, 11) is 0.0946. The molecular formula is C18H18O7P+. The second-order valence-corrected chi connectivity index (χ2v) is 6.16. The van der Waals surface area contributed by atoms with Gasteiger partial charge in [-0.1, -0.05) is 0 Å². The van der Waals surface area contributed by atoms with Gasteiger partial charge in [0.2, 0.25) is 0 Å². The molecule has 0 atom stereocenters. The van der Waals surface area contributed by atoms with Gasteiger partial charge in [-0.05, 0) is 61.4 Å².